The summed E-state index contributed by atoms with van der Waals surface area (Å²) in [4.78, 5) is 0. The van der Waals surface area contributed by atoms with E-state index in [4.69, 9.17) is 10.5 Å². The number of benzene rings is 1. The molecule has 0 atom stereocenters. The molecule has 0 unspecified atom stereocenters. The minimum atomic E-state index is -0.202. The maximum absolute atomic E-state index is 8.61. The van der Waals surface area contributed by atoms with Crippen LogP contribution in [0.3, 0.4) is 0 Å². The fourth-order valence-corrected chi connectivity index (χ4v) is 1.43. The van der Waals surface area contributed by atoms with E-state index >= 15 is 0 Å². The van der Waals surface area contributed by atoms with Crippen molar-refractivity contribution < 1.29 is 0 Å². The molecule has 0 aliphatic carbocycles. The van der Waals surface area contributed by atoms with Crippen LogP contribution in [0, 0.1) is 29.6 Å². The fraction of sp³-hybridized carbons (Fsp3) is 0.308. The van der Waals surface area contributed by atoms with Crippen molar-refractivity contribution in [1.29, 1.82) is 10.5 Å². The van der Waals surface area contributed by atoms with Crippen LogP contribution >= 0.6 is 0 Å². The first-order chi connectivity index (χ1) is 8.58. The second kappa shape index (κ2) is 6.27. The lowest BCUT2D eigenvalue weighted by Crippen LogP contribution is -2.12. The standard InChI is InChI=1S/C13H15N5/c1-9(2)16-13-10(3)5-4-6-12(13)18-17-11(7-14)8-15/h4-6,9,16,18H,1-3H3. The number of para-hydroxylation sites is 1. The van der Waals surface area contributed by atoms with Gasteiger partial charge in [-0.3, -0.25) is 5.43 Å². The number of anilines is 2. The zero-order valence-electron chi connectivity index (χ0n) is 10.7. The largest absolute Gasteiger partial charge is 0.381 e. The molecule has 1 aromatic rings. The Labute approximate surface area is 107 Å². The maximum Gasteiger partial charge on any atom is 0.237 e. The predicted octanol–water partition coefficient (Wildman–Crippen LogP) is 2.63. The quantitative estimate of drug-likeness (QED) is 0.627. The van der Waals surface area contributed by atoms with Crippen LogP contribution in [-0.4, -0.2) is 11.8 Å². The SMILES string of the molecule is Cc1cccc(NN=C(C#N)C#N)c1NC(C)C. The average molecular weight is 241 g/mol. The monoisotopic (exact) mass is 241 g/mol. The molecule has 0 fully saturated rings. The molecule has 92 valence electrons. The summed E-state index contributed by atoms with van der Waals surface area (Å²) in [7, 11) is 0. The van der Waals surface area contributed by atoms with Crippen LogP contribution in [0.2, 0.25) is 0 Å². The van der Waals surface area contributed by atoms with Gasteiger partial charge in [0.25, 0.3) is 0 Å². The van der Waals surface area contributed by atoms with Crippen molar-refractivity contribution in [2.75, 3.05) is 10.7 Å². The molecule has 0 bridgehead atoms. The van der Waals surface area contributed by atoms with Crippen LogP contribution in [0.4, 0.5) is 11.4 Å². The van der Waals surface area contributed by atoms with Crippen molar-refractivity contribution in [2.24, 2.45) is 5.10 Å². The molecule has 0 aromatic heterocycles. The van der Waals surface area contributed by atoms with E-state index in [-0.39, 0.29) is 11.8 Å². The first-order valence-corrected chi connectivity index (χ1v) is 5.58. The van der Waals surface area contributed by atoms with Crippen LogP contribution in [0.15, 0.2) is 23.3 Å². The Morgan fingerprint density at radius 1 is 1.28 bits per heavy atom. The van der Waals surface area contributed by atoms with Crippen LogP contribution in [0.25, 0.3) is 0 Å². The van der Waals surface area contributed by atoms with Gasteiger partial charge in [0, 0.05) is 6.04 Å². The Bertz CT molecular complexity index is 515. The van der Waals surface area contributed by atoms with Gasteiger partial charge in [0.1, 0.15) is 12.1 Å². The number of nitrogens with zero attached hydrogens (tertiary/aromatic N) is 3. The number of hydrogen-bond donors (Lipinski definition) is 2. The van der Waals surface area contributed by atoms with Gasteiger partial charge in [-0.1, -0.05) is 12.1 Å². The second-order valence-electron chi connectivity index (χ2n) is 4.09. The van der Waals surface area contributed by atoms with E-state index < -0.39 is 0 Å². The van der Waals surface area contributed by atoms with Crippen LogP contribution in [-0.2, 0) is 0 Å². The molecular formula is C13H15N5. The summed E-state index contributed by atoms with van der Waals surface area (Å²) < 4.78 is 0. The summed E-state index contributed by atoms with van der Waals surface area (Å²) in [5.41, 5.74) is 5.27. The highest BCUT2D eigenvalue weighted by molar-refractivity contribution is 6.10. The van der Waals surface area contributed by atoms with E-state index in [0.717, 1.165) is 16.9 Å². The van der Waals surface area contributed by atoms with Crippen molar-refractivity contribution in [1.82, 2.24) is 0 Å². The van der Waals surface area contributed by atoms with Gasteiger partial charge in [-0.05, 0) is 32.4 Å². The zero-order chi connectivity index (χ0) is 13.5. The smallest absolute Gasteiger partial charge is 0.237 e. The third-order valence-corrected chi connectivity index (χ3v) is 2.21. The number of aryl methyl sites for hydroxylation is 1. The highest BCUT2D eigenvalue weighted by atomic mass is 15.3. The first-order valence-electron chi connectivity index (χ1n) is 5.58. The predicted molar refractivity (Wildman–Crippen MR) is 72.2 cm³/mol. The molecule has 0 spiro atoms. The number of rotatable bonds is 4. The average Bonchev–Trinajstić information content (AvgIpc) is 2.34. The summed E-state index contributed by atoms with van der Waals surface area (Å²) in [5.74, 6) is 0. The van der Waals surface area contributed by atoms with E-state index in [0.29, 0.717) is 0 Å². The molecule has 0 radical (unpaired) electrons. The molecule has 0 aliphatic rings. The third-order valence-electron chi connectivity index (χ3n) is 2.21. The minimum absolute atomic E-state index is 0.202. The molecule has 18 heavy (non-hydrogen) atoms. The van der Waals surface area contributed by atoms with Crippen LogP contribution < -0.4 is 10.7 Å². The topological polar surface area (TPSA) is 84.0 Å². The first kappa shape index (κ1) is 13.5. The number of nitriles is 2. The Balaban J connectivity index is 3.03. The highest BCUT2D eigenvalue weighted by Gasteiger charge is 2.06. The highest BCUT2D eigenvalue weighted by Crippen LogP contribution is 2.26. The Morgan fingerprint density at radius 2 is 1.94 bits per heavy atom. The molecule has 0 aliphatic heterocycles. The summed E-state index contributed by atoms with van der Waals surface area (Å²) in [6.07, 6.45) is 0. The number of hydrazone groups is 1. The van der Waals surface area contributed by atoms with E-state index in [9.17, 15) is 0 Å². The van der Waals surface area contributed by atoms with Gasteiger partial charge < -0.3 is 5.32 Å². The molecule has 0 amide bonds. The molecule has 2 N–H and O–H groups in total. The molecule has 1 aromatic carbocycles. The van der Waals surface area contributed by atoms with Gasteiger partial charge in [0.2, 0.25) is 5.71 Å². The summed E-state index contributed by atoms with van der Waals surface area (Å²) in [6, 6.07) is 9.39. The van der Waals surface area contributed by atoms with Crippen molar-refractivity contribution in [3.63, 3.8) is 0 Å². The minimum Gasteiger partial charge on any atom is -0.381 e. The van der Waals surface area contributed by atoms with Gasteiger partial charge in [-0.2, -0.15) is 15.6 Å². The number of hydrogen-bond acceptors (Lipinski definition) is 5. The normalized spacial score (nSPS) is 9.22. The van der Waals surface area contributed by atoms with Crippen molar-refractivity contribution in [3.05, 3.63) is 23.8 Å². The molecule has 5 nitrogen and oxygen atoms in total. The molecular weight excluding hydrogens is 226 g/mol. The molecule has 0 saturated heterocycles. The number of nitrogens with one attached hydrogen (secondary N) is 2. The second-order valence-corrected chi connectivity index (χ2v) is 4.09. The maximum atomic E-state index is 8.61. The van der Waals surface area contributed by atoms with Crippen LogP contribution in [0.5, 0.6) is 0 Å². The Hall–Kier alpha value is -2.53. The van der Waals surface area contributed by atoms with Gasteiger partial charge in [-0.25, -0.2) is 0 Å². The lowest BCUT2D eigenvalue weighted by atomic mass is 10.1. The summed E-state index contributed by atoms with van der Waals surface area (Å²) >= 11 is 0. The zero-order valence-corrected chi connectivity index (χ0v) is 10.7. The molecule has 1 rings (SSSR count). The van der Waals surface area contributed by atoms with Crippen molar-refractivity contribution in [3.8, 4) is 12.1 Å². The Kier molecular flexibility index (Phi) is 4.71. The van der Waals surface area contributed by atoms with Crippen LogP contribution in [0.1, 0.15) is 19.4 Å². The summed E-state index contributed by atoms with van der Waals surface area (Å²) in [5, 5.41) is 24.3. The van der Waals surface area contributed by atoms with Gasteiger partial charge in [-0.15, -0.1) is 0 Å². The van der Waals surface area contributed by atoms with Gasteiger partial charge in [0.15, 0.2) is 0 Å². The molecule has 5 heteroatoms. The lowest BCUT2D eigenvalue weighted by Gasteiger charge is -2.16. The van der Waals surface area contributed by atoms with E-state index in [1.807, 2.05) is 39.0 Å². The van der Waals surface area contributed by atoms with Crippen molar-refractivity contribution >= 4 is 17.1 Å². The van der Waals surface area contributed by atoms with Crippen molar-refractivity contribution in [2.45, 2.75) is 26.8 Å². The van der Waals surface area contributed by atoms with Gasteiger partial charge >= 0.3 is 0 Å². The molecule has 0 saturated carbocycles. The summed E-state index contributed by atoms with van der Waals surface area (Å²) in [6.45, 7) is 6.06. The molecule has 0 heterocycles. The van der Waals surface area contributed by atoms with E-state index in [1.165, 1.54) is 0 Å². The van der Waals surface area contributed by atoms with E-state index in [2.05, 4.69) is 15.8 Å². The van der Waals surface area contributed by atoms with Gasteiger partial charge in [0.05, 0.1) is 11.4 Å². The van der Waals surface area contributed by atoms with E-state index in [1.54, 1.807) is 12.1 Å². The fourth-order valence-electron chi connectivity index (χ4n) is 1.43. The third kappa shape index (κ3) is 3.50. The Morgan fingerprint density at radius 3 is 2.50 bits per heavy atom. The lowest BCUT2D eigenvalue weighted by molar-refractivity contribution is 0.897.